The highest BCUT2D eigenvalue weighted by molar-refractivity contribution is 5.84. The lowest BCUT2D eigenvalue weighted by Gasteiger charge is -2.20. The Balaban J connectivity index is 3.03. The summed E-state index contributed by atoms with van der Waals surface area (Å²) in [5.74, 6) is -0.400. The molecule has 0 bridgehead atoms. The van der Waals surface area contributed by atoms with Crippen LogP contribution in [0.1, 0.15) is 13.8 Å². The maximum absolute atomic E-state index is 11.9. The number of amides is 1. The van der Waals surface area contributed by atoms with E-state index in [1.54, 1.807) is 14.0 Å². The molecular formula is C11H17N5O4. The van der Waals surface area contributed by atoms with Crippen LogP contribution >= 0.6 is 0 Å². The Kier molecular flexibility index (Phi) is 5.18. The smallest absolute Gasteiger partial charge is 0.372 e. The molecule has 1 amide bonds. The molecule has 0 spiro atoms. The zero-order valence-corrected chi connectivity index (χ0v) is 11.8. The lowest BCUT2D eigenvalue weighted by molar-refractivity contribution is -0.385. The lowest BCUT2D eigenvalue weighted by Crippen LogP contribution is -2.39. The molecular weight excluding hydrogens is 266 g/mol. The summed E-state index contributed by atoms with van der Waals surface area (Å²) < 4.78 is 4.83. The third-order valence-electron chi connectivity index (χ3n) is 2.74. The molecule has 1 atom stereocenters. The van der Waals surface area contributed by atoms with Gasteiger partial charge in [0.1, 0.15) is 12.4 Å². The zero-order chi connectivity index (χ0) is 15.3. The Morgan fingerprint density at radius 1 is 1.60 bits per heavy atom. The average Bonchev–Trinajstić information content (AvgIpc) is 2.44. The van der Waals surface area contributed by atoms with E-state index in [9.17, 15) is 14.9 Å². The molecule has 0 aliphatic carbocycles. The van der Waals surface area contributed by atoms with Crippen molar-refractivity contribution in [3.63, 3.8) is 0 Å². The highest BCUT2D eigenvalue weighted by Crippen LogP contribution is 2.30. The predicted octanol–water partition coefficient (Wildman–Crippen LogP) is 0.672. The highest BCUT2D eigenvalue weighted by Gasteiger charge is 2.27. The zero-order valence-electron chi connectivity index (χ0n) is 11.8. The lowest BCUT2D eigenvalue weighted by atomic mass is 10.3. The molecule has 0 aromatic carbocycles. The van der Waals surface area contributed by atoms with E-state index in [1.165, 1.54) is 12.0 Å². The fourth-order valence-corrected chi connectivity index (χ4v) is 1.54. The van der Waals surface area contributed by atoms with Gasteiger partial charge in [0.15, 0.2) is 0 Å². The summed E-state index contributed by atoms with van der Waals surface area (Å²) in [6.07, 6.45) is 1.13. The SMILES string of the molecule is CCN(C)C(=O)C(C)Nc1ncnc(OC)c1[N+](=O)[O-]. The van der Waals surface area contributed by atoms with Crippen molar-refractivity contribution in [2.75, 3.05) is 26.0 Å². The molecule has 20 heavy (non-hydrogen) atoms. The van der Waals surface area contributed by atoms with E-state index in [0.717, 1.165) is 6.33 Å². The molecule has 0 saturated carbocycles. The molecule has 1 unspecified atom stereocenters. The number of carbonyl (C=O) groups excluding carboxylic acids is 1. The predicted molar refractivity (Wildman–Crippen MR) is 71.6 cm³/mol. The third-order valence-corrected chi connectivity index (χ3v) is 2.74. The molecule has 9 nitrogen and oxygen atoms in total. The van der Waals surface area contributed by atoms with Gasteiger partial charge in [-0.1, -0.05) is 0 Å². The highest BCUT2D eigenvalue weighted by atomic mass is 16.6. The monoisotopic (exact) mass is 283 g/mol. The second-order valence-electron chi connectivity index (χ2n) is 4.06. The van der Waals surface area contributed by atoms with Crippen LogP contribution in [0.3, 0.4) is 0 Å². The van der Waals surface area contributed by atoms with Crippen LogP contribution < -0.4 is 10.1 Å². The number of nitrogens with zero attached hydrogens (tertiary/aromatic N) is 4. The average molecular weight is 283 g/mol. The summed E-state index contributed by atoms with van der Waals surface area (Å²) in [7, 11) is 2.92. The molecule has 1 N–H and O–H groups in total. The summed E-state index contributed by atoms with van der Waals surface area (Å²) in [6.45, 7) is 3.98. The Morgan fingerprint density at radius 3 is 2.75 bits per heavy atom. The van der Waals surface area contributed by atoms with Crippen LogP contribution in [0.2, 0.25) is 0 Å². The standard InChI is InChI=1S/C11H17N5O4/c1-5-15(3)11(17)7(2)14-9-8(16(18)19)10(20-4)13-6-12-9/h6-7H,5H2,1-4H3,(H,12,13,14). The Morgan fingerprint density at radius 2 is 2.25 bits per heavy atom. The van der Waals surface area contributed by atoms with Gasteiger partial charge < -0.3 is 15.0 Å². The van der Waals surface area contributed by atoms with Gasteiger partial charge in [0.05, 0.1) is 12.0 Å². The minimum Gasteiger partial charge on any atom is -0.476 e. The van der Waals surface area contributed by atoms with E-state index in [2.05, 4.69) is 15.3 Å². The second kappa shape index (κ2) is 6.64. The molecule has 0 fully saturated rings. The van der Waals surface area contributed by atoms with E-state index < -0.39 is 16.7 Å². The molecule has 0 radical (unpaired) electrons. The van der Waals surface area contributed by atoms with Crippen LogP contribution in [0.25, 0.3) is 0 Å². The summed E-state index contributed by atoms with van der Waals surface area (Å²) in [5, 5.41) is 13.8. The van der Waals surface area contributed by atoms with Gasteiger partial charge in [0.25, 0.3) is 5.88 Å². The first-order valence-electron chi connectivity index (χ1n) is 5.97. The largest absolute Gasteiger partial charge is 0.476 e. The van der Waals surface area contributed by atoms with Crippen LogP contribution in [0.15, 0.2) is 6.33 Å². The van der Waals surface area contributed by atoms with Crippen molar-refractivity contribution < 1.29 is 14.5 Å². The molecule has 0 aliphatic heterocycles. The van der Waals surface area contributed by atoms with Gasteiger partial charge in [0.2, 0.25) is 11.7 Å². The number of rotatable bonds is 6. The first-order chi connectivity index (χ1) is 9.42. The number of aromatic nitrogens is 2. The number of hydrogen-bond acceptors (Lipinski definition) is 7. The van der Waals surface area contributed by atoms with E-state index in [0.29, 0.717) is 6.54 Å². The second-order valence-corrected chi connectivity index (χ2v) is 4.06. The topological polar surface area (TPSA) is 110 Å². The van der Waals surface area contributed by atoms with Crippen LogP contribution in [0.5, 0.6) is 5.88 Å². The van der Waals surface area contributed by atoms with E-state index in [-0.39, 0.29) is 17.6 Å². The van der Waals surface area contributed by atoms with Crippen LogP contribution in [-0.4, -0.2) is 52.4 Å². The molecule has 110 valence electrons. The molecule has 1 rings (SSSR count). The van der Waals surface area contributed by atoms with Crippen molar-refractivity contribution in [3.8, 4) is 5.88 Å². The van der Waals surface area contributed by atoms with Crippen LogP contribution in [0, 0.1) is 10.1 Å². The molecule has 0 aliphatic rings. The van der Waals surface area contributed by atoms with Gasteiger partial charge in [-0.25, -0.2) is 4.98 Å². The summed E-state index contributed by atoms with van der Waals surface area (Å²) in [6, 6.07) is -0.654. The van der Waals surface area contributed by atoms with Crippen LogP contribution in [-0.2, 0) is 4.79 Å². The Hall–Kier alpha value is -2.45. The molecule has 9 heteroatoms. The number of likely N-dealkylation sites (N-methyl/N-ethyl adjacent to an activating group) is 1. The Labute approximate surface area is 116 Å². The first kappa shape index (κ1) is 15.6. The summed E-state index contributed by atoms with van der Waals surface area (Å²) >= 11 is 0. The summed E-state index contributed by atoms with van der Waals surface area (Å²) in [5.41, 5.74) is -0.395. The maximum atomic E-state index is 11.9. The van der Waals surface area contributed by atoms with Crippen molar-refractivity contribution in [3.05, 3.63) is 16.4 Å². The van der Waals surface area contributed by atoms with Crippen molar-refractivity contribution in [1.82, 2.24) is 14.9 Å². The fraction of sp³-hybridized carbons (Fsp3) is 0.545. The molecule has 1 aromatic rings. The van der Waals surface area contributed by atoms with E-state index in [4.69, 9.17) is 4.74 Å². The van der Waals surface area contributed by atoms with Crippen LogP contribution in [0.4, 0.5) is 11.5 Å². The van der Waals surface area contributed by atoms with Gasteiger partial charge in [-0.2, -0.15) is 4.98 Å². The minimum atomic E-state index is -0.654. The number of ether oxygens (including phenoxy) is 1. The minimum absolute atomic E-state index is 0.0489. The van der Waals surface area contributed by atoms with Gasteiger partial charge in [-0.05, 0) is 13.8 Å². The Bertz CT molecular complexity index is 508. The number of nitrogens with one attached hydrogen (secondary N) is 1. The number of methoxy groups -OCH3 is 1. The first-order valence-corrected chi connectivity index (χ1v) is 5.97. The molecule has 0 saturated heterocycles. The number of carbonyl (C=O) groups is 1. The fourth-order valence-electron chi connectivity index (χ4n) is 1.54. The van der Waals surface area contributed by atoms with Gasteiger partial charge >= 0.3 is 5.69 Å². The number of hydrogen-bond donors (Lipinski definition) is 1. The molecule has 1 aromatic heterocycles. The van der Waals surface area contributed by atoms with Crippen molar-refractivity contribution in [2.45, 2.75) is 19.9 Å². The van der Waals surface area contributed by atoms with Crippen molar-refractivity contribution in [1.29, 1.82) is 0 Å². The quantitative estimate of drug-likeness (QED) is 0.603. The van der Waals surface area contributed by atoms with Crippen molar-refractivity contribution >= 4 is 17.4 Å². The van der Waals surface area contributed by atoms with E-state index >= 15 is 0 Å². The number of nitro groups is 1. The molecule has 1 heterocycles. The van der Waals surface area contributed by atoms with E-state index in [1.807, 2.05) is 6.92 Å². The maximum Gasteiger partial charge on any atom is 0.372 e. The van der Waals surface area contributed by atoms with Crippen molar-refractivity contribution in [2.24, 2.45) is 0 Å². The van der Waals surface area contributed by atoms with Gasteiger partial charge in [0, 0.05) is 13.6 Å². The summed E-state index contributed by atoms with van der Waals surface area (Å²) in [4.78, 5) is 31.3. The third kappa shape index (κ3) is 3.31. The van der Waals surface area contributed by atoms with Gasteiger partial charge in [-0.3, -0.25) is 14.9 Å². The van der Waals surface area contributed by atoms with Gasteiger partial charge in [-0.15, -0.1) is 0 Å². The number of anilines is 1. The normalized spacial score (nSPS) is 11.6.